The van der Waals surface area contributed by atoms with E-state index in [1.807, 2.05) is 0 Å². The maximum atomic E-state index is 2.47. The first-order valence-electron chi connectivity index (χ1n) is 23.6. The molecule has 0 radical (unpaired) electrons. The summed E-state index contributed by atoms with van der Waals surface area (Å²) in [5.41, 5.74) is 17.9. The smallest absolute Gasteiger partial charge is 0.242 e. The SMILES string of the molecule is Cc1cc(C)c(B(c2ccc([Si](c3ccccc3)(c3ccccc3)c3ccc(-c4ccc(N(c5ccccc5)c5cccc6ccccc56)cc4)cc3)cc2)c2c(C)cc(C)cc2C)c(C)c1. The second-order valence-electron chi connectivity index (χ2n) is 18.5. The standard InChI is InChI=1S/C64H56BNSi/c1-45-41-47(3)63(48(4)42-45)65(64-49(5)43-46(2)44-50(64)6)54-33-39-60(40-34-54)67(57-23-12-8-13-24-57,58-25-14-9-15-26-58)59-37-31-52(32-38-59)51-29-35-56(36-30-51)66(55-21-10-7-11-22-55)62-28-18-20-53-19-16-17-27-61(53)62/h7-44H,1-6H3. The molecular formula is C64H56BNSi. The summed E-state index contributed by atoms with van der Waals surface area (Å²) in [6, 6.07) is 86.3. The predicted octanol–water partition coefficient (Wildman–Crippen LogP) is 11.7. The Kier molecular flexibility index (Phi) is 12.0. The van der Waals surface area contributed by atoms with Crippen LogP contribution in [0, 0.1) is 41.5 Å². The van der Waals surface area contributed by atoms with Gasteiger partial charge in [0.05, 0.1) is 5.69 Å². The summed E-state index contributed by atoms with van der Waals surface area (Å²) >= 11 is 0. The Morgan fingerprint density at radius 1 is 0.343 bits per heavy atom. The van der Waals surface area contributed by atoms with E-state index in [4.69, 9.17) is 0 Å². The summed E-state index contributed by atoms with van der Waals surface area (Å²) < 4.78 is 0. The van der Waals surface area contributed by atoms with Gasteiger partial charge in [0.15, 0.2) is 8.07 Å². The molecule has 324 valence electrons. The fraction of sp³-hybridized carbons (Fsp3) is 0.0938. The van der Waals surface area contributed by atoms with Gasteiger partial charge in [0.2, 0.25) is 6.71 Å². The number of para-hydroxylation sites is 1. The van der Waals surface area contributed by atoms with Crippen molar-refractivity contribution in [3.8, 4) is 11.1 Å². The second kappa shape index (κ2) is 18.4. The van der Waals surface area contributed by atoms with E-state index in [0.717, 1.165) is 17.1 Å². The maximum absolute atomic E-state index is 2.83. The molecule has 0 N–H and O–H groups in total. The Bertz CT molecular complexity index is 3180. The number of benzene rings is 10. The van der Waals surface area contributed by atoms with Gasteiger partial charge in [-0.1, -0.05) is 250 Å². The average Bonchev–Trinajstić information content (AvgIpc) is 3.35. The summed E-state index contributed by atoms with van der Waals surface area (Å²) in [5.74, 6) is 0. The number of fused-ring (bicyclic) bond motifs is 1. The van der Waals surface area contributed by atoms with Gasteiger partial charge in [-0.15, -0.1) is 0 Å². The summed E-state index contributed by atoms with van der Waals surface area (Å²) in [5, 5.41) is 7.91. The highest BCUT2D eigenvalue weighted by molar-refractivity contribution is 7.20. The molecule has 0 saturated carbocycles. The van der Waals surface area contributed by atoms with E-state index in [0.29, 0.717) is 0 Å². The van der Waals surface area contributed by atoms with Gasteiger partial charge in [-0.05, 0) is 109 Å². The largest absolute Gasteiger partial charge is 0.310 e. The fourth-order valence-electron chi connectivity index (χ4n) is 11.2. The average molecular weight is 878 g/mol. The van der Waals surface area contributed by atoms with Crippen molar-refractivity contribution in [2.75, 3.05) is 4.90 Å². The zero-order chi connectivity index (χ0) is 46.1. The normalized spacial score (nSPS) is 11.4. The highest BCUT2D eigenvalue weighted by Crippen LogP contribution is 2.39. The minimum Gasteiger partial charge on any atom is -0.310 e. The van der Waals surface area contributed by atoms with Crippen molar-refractivity contribution in [3.05, 3.63) is 264 Å². The summed E-state index contributed by atoms with van der Waals surface area (Å²) in [6.07, 6.45) is 0. The van der Waals surface area contributed by atoms with Gasteiger partial charge < -0.3 is 4.90 Å². The molecule has 10 aromatic carbocycles. The molecule has 0 fully saturated rings. The number of nitrogens with zero attached hydrogens (tertiary/aromatic N) is 1. The van der Waals surface area contributed by atoms with Crippen LogP contribution in [0.15, 0.2) is 231 Å². The molecule has 0 bridgehead atoms. The van der Waals surface area contributed by atoms with Crippen LogP contribution in [0.3, 0.4) is 0 Å². The minimum atomic E-state index is -2.83. The van der Waals surface area contributed by atoms with Crippen LogP contribution in [0.2, 0.25) is 0 Å². The van der Waals surface area contributed by atoms with Crippen LogP contribution in [-0.2, 0) is 0 Å². The zero-order valence-corrected chi connectivity index (χ0v) is 40.5. The molecule has 1 nitrogen and oxygen atoms in total. The Morgan fingerprint density at radius 3 is 1.24 bits per heavy atom. The van der Waals surface area contributed by atoms with Crippen LogP contribution in [0.25, 0.3) is 21.9 Å². The van der Waals surface area contributed by atoms with Gasteiger partial charge in [-0.25, -0.2) is 0 Å². The molecule has 0 spiro atoms. The molecule has 0 amide bonds. The molecule has 0 aliphatic heterocycles. The summed E-state index contributed by atoms with van der Waals surface area (Å²) in [6.45, 7) is 13.7. The van der Waals surface area contributed by atoms with E-state index in [2.05, 4.69) is 277 Å². The van der Waals surface area contributed by atoms with Crippen molar-refractivity contribution in [2.45, 2.75) is 41.5 Å². The summed E-state index contributed by atoms with van der Waals surface area (Å²) in [4.78, 5) is 2.37. The van der Waals surface area contributed by atoms with Crippen LogP contribution in [0.5, 0.6) is 0 Å². The highest BCUT2D eigenvalue weighted by Gasteiger charge is 2.42. The third-order valence-corrected chi connectivity index (χ3v) is 18.7. The van der Waals surface area contributed by atoms with Gasteiger partial charge >= 0.3 is 0 Å². The van der Waals surface area contributed by atoms with E-state index < -0.39 is 8.07 Å². The van der Waals surface area contributed by atoms with Crippen molar-refractivity contribution in [1.82, 2.24) is 0 Å². The predicted molar refractivity (Wildman–Crippen MR) is 294 cm³/mol. The van der Waals surface area contributed by atoms with E-state index in [1.54, 1.807) is 0 Å². The van der Waals surface area contributed by atoms with Crippen molar-refractivity contribution in [3.63, 3.8) is 0 Å². The Morgan fingerprint density at radius 2 is 0.731 bits per heavy atom. The molecule has 0 aliphatic rings. The molecule has 10 aromatic rings. The number of rotatable bonds is 11. The topological polar surface area (TPSA) is 3.24 Å². The fourth-order valence-corrected chi connectivity index (χ4v) is 15.9. The van der Waals surface area contributed by atoms with Crippen LogP contribution >= 0.6 is 0 Å². The number of anilines is 3. The number of aryl methyl sites for hydroxylation is 6. The van der Waals surface area contributed by atoms with Gasteiger partial charge in [0, 0.05) is 16.8 Å². The van der Waals surface area contributed by atoms with Crippen LogP contribution < -0.4 is 42.0 Å². The molecule has 0 aliphatic carbocycles. The minimum absolute atomic E-state index is 0.109. The second-order valence-corrected chi connectivity index (χ2v) is 22.3. The lowest BCUT2D eigenvalue weighted by Crippen LogP contribution is -2.74. The lowest BCUT2D eigenvalue weighted by Gasteiger charge is -2.35. The van der Waals surface area contributed by atoms with Gasteiger partial charge in [-0.2, -0.15) is 0 Å². The Hall–Kier alpha value is -7.46. The first-order valence-corrected chi connectivity index (χ1v) is 25.6. The van der Waals surface area contributed by atoms with Crippen LogP contribution in [0.4, 0.5) is 17.1 Å². The van der Waals surface area contributed by atoms with E-state index in [1.165, 1.54) is 92.4 Å². The lowest BCUT2D eigenvalue weighted by molar-refractivity contribution is 1.30. The van der Waals surface area contributed by atoms with Crippen molar-refractivity contribution >= 4 is 79.8 Å². The summed E-state index contributed by atoms with van der Waals surface area (Å²) in [7, 11) is -2.83. The van der Waals surface area contributed by atoms with Crippen molar-refractivity contribution in [1.29, 1.82) is 0 Å². The van der Waals surface area contributed by atoms with Gasteiger partial charge in [0.25, 0.3) is 0 Å². The Balaban J connectivity index is 1.08. The molecule has 0 saturated heterocycles. The van der Waals surface area contributed by atoms with E-state index >= 15 is 0 Å². The number of hydrogen-bond donors (Lipinski definition) is 0. The molecule has 10 rings (SSSR count). The van der Waals surface area contributed by atoms with Crippen molar-refractivity contribution in [2.24, 2.45) is 0 Å². The van der Waals surface area contributed by atoms with Gasteiger partial charge in [-0.3, -0.25) is 0 Å². The van der Waals surface area contributed by atoms with E-state index in [9.17, 15) is 0 Å². The quantitative estimate of drug-likeness (QED) is 0.0924. The molecule has 67 heavy (non-hydrogen) atoms. The first-order chi connectivity index (χ1) is 32.7. The van der Waals surface area contributed by atoms with Crippen molar-refractivity contribution < 1.29 is 0 Å². The molecular weight excluding hydrogens is 822 g/mol. The van der Waals surface area contributed by atoms with Crippen LogP contribution in [-0.4, -0.2) is 14.8 Å². The monoisotopic (exact) mass is 877 g/mol. The molecule has 0 heterocycles. The number of hydrogen-bond acceptors (Lipinski definition) is 1. The Labute approximate surface area is 399 Å². The third kappa shape index (κ3) is 8.15. The first kappa shape index (κ1) is 43.4. The maximum Gasteiger partial charge on any atom is 0.242 e. The highest BCUT2D eigenvalue weighted by atomic mass is 28.3. The molecule has 0 atom stereocenters. The molecule has 3 heteroatoms. The zero-order valence-electron chi connectivity index (χ0n) is 39.5. The lowest BCUT2D eigenvalue weighted by atomic mass is 9.34. The third-order valence-electron chi connectivity index (χ3n) is 13.9. The van der Waals surface area contributed by atoms with E-state index in [-0.39, 0.29) is 6.71 Å². The van der Waals surface area contributed by atoms with Gasteiger partial charge in [0.1, 0.15) is 0 Å². The van der Waals surface area contributed by atoms with Crippen LogP contribution in [0.1, 0.15) is 33.4 Å². The molecule has 0 aromatic heterocycles. The molecule has 0 unspecified atom stereocenters.